The minimum absolute atomic E-state index is 0.247. The van der Waals surface area contributed by atoms with Crippen molar-refractivity contribution in [3.8, 4) is 23.2 Å². The molecule has 0 amide bonds. The summed E-state index contributed by atoms with van der Waals surface area (Å²) in [5.74, 6) is 0.674. The molecule has 0 bridgehead atoms. The fourth-order valence-electron chi connectivity index (χ4n) is 2.46. The summed E-state index contributed by atoms with van der Waals surface area (Å²) >= 11 is 6.14. The predicted octanol–water partition coefficient (Wildman–Crippen LogP) is 2.47. The lowest BCUT2D eigenvalue weighted by molar-refractivity contribution is 0.0182. The number of ether oxygens (including phenoxy) is 2. The fourth-order valence-corrected chi connectivity index (χ4v) is 2.66. The average Bonchev–Trinajstić information content (AvgIpc) is 2.63. The third-order valence-electron chi connectivity index (χ3n) is 3.95. The second kappa shape index (κ2) is 6.99. The second-order valence-corrected chi connectivity index (χ2v) is 6.03. The molecule has 2 N–H and O–H groups in total. The van der Waals surface area contributed by atoms with Gasteiger partial charge in [-0.3, -0.25) is 4.98 Å². The SMILES string of the molecule is N#CC1(COc2cncc(-c3cc(N)ncc3Cl)n2)CCOCC1. The minimum atomic E-state index is -0.547. The van der Waals surface area contributed by atoms with Crippen molar-refractivity contribution >= 4 is 17.4 Å². The second-order valence-electron chi connectivity index (χ2n) is 5.62. The van der Waals surface area contributed by atoms with Crippen molar-refractivity contribution in [1.29, 1.82) is 5.26 Å². The topological polar surface area (TPSA) is 107 Å². The summed E-state index contributed by atoms with van der Waals surface area (Å²) in [6, 6.07) is 3.98. The summed E-state index contributed by atoms with van der Waals surface area (Å²) in [6.07, 6.45) is 5.83. The van der Waals surface area contributed by atoms with Crippen molar-refractivity contribution in [3.05, 3.63) is 29.7 Å². The van der Waals surface area contributed by atoms with Gasteiger partial charge in [-0.05, 0) is 18.9 Å². The first kappa shape index (κ1) is 16.4. The maximum absolute atomic E-state index is 9.46. The maximum atomic E-state index is 9.46. The van der Waals surface area contributed by atoms with E-state index >= 15 is 0 Å². The molecule has 0 saturated carbocycles. The van der Waals surface area contributed by atoms with Crippen LogP contribution >= 0.6 is 11.6 Å². The molecule has 0 aromatic carbocycles. The molecule has 1 aliphatic heterocycles. The van der Waals surface area contributed by atoms with E-state index in [1.54, 1.807) is 12.3 Å². The molecule has 2 aromatic heterocycles. The molecule has 0 radical (unpaired) electrons. The standard InChI is InChI=1S/C16H16ClN5O2/c17-12-6-21-14(19)5-11(12)13-7-20-8-15(22-13)24-10-16(9-18)1-3-23-4-2-16/h5-8H,1-4,10H2,(H2,19,21). The van der Waals surface area contributed by atoms with Gasteiger partial charge in [-0.25, -0.2) is 9.97 Å². The van der Waals surface area contributed by atoms with Crippen molar-refractivity contribution in [1.82, 2.24) is 15.0 Å². The summed E-state index contributed by atoms with van der Waals surface area (Å²) in [6.45, 7) is 1.38. The molecule has 24 heavy (non-hydrogen) atoms. The number of nitrogens with zero attached hydrogens (tertiary/aromatic N) is 4. The highest BCUT2D eigenvalue weighted by Gasteiger charge is 2.33. The smallest absolute Gasteiger partial charge is 0.232 e. The monoisotopic (exact) mass is 345 g/mol. The molecule has 3 heterocycles. The highest BCUT2D eigenvalue weighted by atomic mass is 35.5. The minimum Gasteiger partial charge on any atom is -0.475 e. The van der Waals surface area contributed by atoms with E-state index < -0.39 is 5.41 Å². The van der Waals surface area contributed by atoms with Crippen LogP contribution in [0.4, 0.5) is 5.82 Å². The number of anilines is 1. The summed E-state index contributed by atoms with van der Waals surface area (Å²) < 4.78 is 11.0. The van der Waals surface area contributed by atoms with E-state index in [1.165, 1.54) is 12.4 Å². The van der Waals surface area contributed by atoms with E-state index in [0.717, 1.165) is 0 Å². The molecule has 1 fully saturated rings. The number of nitriles is 1. The normalized spacial score (nSPS) is 16.3. The first-order valence-corrected chi connectivity index (χ1v) is 7.85. The van der Waals surface area contributed by atoms with Gasteiger partial charge >= 0.3 is 0 Å². The lowest BCUT2D eigenvalue weighted by Crippen LogP contribution is -2.34. The van der Waals surface area contributed by atoms with Gasteiger partial charge in [0.25, 0.3) is 0 Å². The molecule has 0 spiro atoms. The van der Waals surface area contributed by atoms with Gasteiger partial charge in [0.1, 0.15) is 12.4 Å². The van der Waals surface area contributed by atoms with E-state index in [4.69, 9.17) is 26.8 Å². The lowest BCUT2D eigenvalue weighted by atomic mass is 9.83. The number of nitrogen functional groups attached to an aromatic ring is 1. The van der Waals surface area contributed by atoms with Crippen molar-refractivity contribution in [2.24, 2.45) is 5.41 Å². The zero-order valence-electron chi connectivity index (χ0n) is 12.9. The number of hydrogen-bond donors (Lipinski definition) is 1. The molecule has 0 unspecified atom stereocenters. The predicted molar refractivity (Wildman–Crippen MR) is 88.3 cm³/mol. The molecule has 2 aromatic rings. The van der Waals surface area contributed by atoms with Gasteiger partial charge in [-0.2, -0.15) is 5.26 Å². The van der Waals surface area contributed by atoms with E-state index in [9.17, 15) is 5.26 Å². The van der Waals surface area contributed by atoms with Gasteiger partial charge in [-0.15, -0.1) is 0 Å². The number of halogens is 1. The quantitative estimate of drug-likeness (QED) is 0.906. The summed E-state index contributed by atoms with van der Waals surface area (Å²) in [7, 11) is 0. The zero-order chi connectivity index (χ0) is 17.0. The molecule has 7 nitrogen and oxygen atoms in total. The molecular weight excluding hydrogens is 330 g/mol. The van der Waals surface area contributed by atoms with Crippen LogP contribution in [0, 0.1) is 16.7 Å². The number of nitrogens with two attached hydrogens (primary N) is 1. The summed E-state index contributed by atoms with van der Waals surface area (Å²) in [4.78, 5) is 12.5. The van der Waals surface area contributed by atoms with Gasteiger partial charge in [0.2, 0.25) is 5.88 Å². The van der Waals surface area contributed by atoms with Crippen LogP contribution in [0.1, 0.15) is 12.8 Å². The van der Waals surface area contributed by atoms with Crippen LogP contribution in [0.3, 0.4) is 0 Å². The largest absolute Gasteiger partial charge is 0.475 e. The molecule has 1 aliphatic rings. The van der Waals surface area contributed by atoms with Gasteiger partial charge < -0.3 is 15.2 Å². The van der Waals surface area contributed by atoms with E-state index in [0.29, 0.717) is 54.0 Å². The molecule has 3 rings (SSSR count). The van der Waals surface area contributed by atoms with Crippen molar-refractivity contribution in [2.75, 3.05) is 25.6 Å². The Morgan fingerprint density at radius 2 is 2.12 bits per heavy atom. The van der Waals surface area contributed by atoms with Crippen LogP contribution in [0.5, 0.6) is 5.88 Å². The molecule has 124 valence electrons. The third kappa shape index (κ3) is 3.55. The number of pyridine rings is 1. The summed E-state index contributed by atoms with van der Waals surface area (Å²) in [5, 5.41) is 9.88. The van der Waals surface area contributed by atoms with Crippen LogP contribution in [0.15, 0.2) is 24.7 Å². The van der Waals surface area contributed by atoms with Crippen molar-refractivity contribution < 1.29 is 9.47 Å². The van der Waals surface area contributed by atoms with Crippen LogP contribution in [-0.4, -0.2) is 34.8 Å². The van der Waals surface area contributed by atoms with Crippen LogP contribution in [0.2, 0.25) is 5.02 Å². The Hall–Kier alpha value is -2.43. The molecule has 0 atom stereocenters. The summed E-state index contributed by atoms with van der Waals surface area (Å²) in [5.41, 5.74) is 6.31. The van der Waals surface area contributed by atoms with Gasteiger partial charge in [-0.1, -0.05) is 11.6 Å². The van der Waals surface area contributed by atoms with Gasteiger partial charge in [0.05, 0.1) is 34.6 Å². The fraction of sp³-hybridized carbons (Fsp3) is 0.375. The first-order chi connectivity index (χ1) is 11.6. The van der Waals surface area contributed by atoms with Gasteiger partial charge in [0.15, 0.2) is 0 Å². The Labute approximate surface area is 144 Å². The number of aromatic nitrogens is 3. The molecule has 1 saturated heterocycles. The third-order valence-corrected chi connectivity index (χ3v) is 4.25. The molecular formula is C16H16ClN5O2. The zero-order valence-corrected chi connectivity index (χ0v) is 13.7. The number of rotatable bonds is 4. The Kier molecular flexibility index (Phi) is 4.79. The van der Waals surface area contributed by atoms with Crippen LogP contribution in [0.25, 0.3) is 11.3 Å². The Balaban J connectivity index is 1.78. The Bertz CT molecular complexity index is 771. The number of hydrogen-bond acceptors (Lipinski definition) is 7. The van der Waals surface area contributed by atoms with Crippen LogP contribution in [-0.2, 0) is 4.74 Å². The van der Waals surface area contributed by atoms with E-state index in [2.05, 4.69) is 21.0 Å². The van der Waals surface area contributed by atoms with E-state index in [-0.39, 0.29) is 6.61 Å². The average molecular weight is 346 g/mol. The maximum Gasteiger partial charge on any atom is 0.232 e. The van der Waals surface area contributed by atoms with E-state index in [1.807, 2.05) is 0 Å². The highest BCUT2D eigenvalue weighted by molar-refractivity contribution is 6.33. The molecule has 8 heteroatoms. The first-order valence-electron chi connectivity index (χ1n) is 7.47. The Morgan fingerprint density at radius 3 is 2.88 bits per heavy atom. The van der Waals surface area contributed by atoms with Crippen molar-refractivity contribution in [3.63, 3.8) is 0 Å². The lowest BCUT2D eigenvalue weighted by Gasteiger charge is -2.29. The van der Waals surface area contributed by atoms with Crippen LogP contribution < -0.4 is 10.5 Å². The highest BCUT2D eigenvalue weighted by Crippen LogP contribution is 2.31. The van der Waals surface area contributed by atoms with Gasteiger partial charge in [0, 0.05) is 25.0 Å². The van der Waals surface area contributed by atoms with Crippen molar-refractivity contribution in [2.45, 2.75) is 12.8 Å². The Morgan fingerprint density at radius 1 is 1.33 bits per heavy atom. The molecule has 0 aliphatic carbocycles.